The predicted octanol–water partition coefficient (Wildman–Crippen LogP) is 3.66. The van der Waals surface area contributed by atoms with Crippen LogP contribution in [-0.2, 0) is 0 Å². The molecule has 1 aromatic carbocycles. The third kappa shape index (κ3) is 3.62. The highest BCUT2D eigenvalue weighted by Crippen LogP contribution is 2.23. The standard InChI is InChI=1S/C15H18FNOS/c1-2-13(15-8-5-9-19-15)17-10-14(18)11-6-3-4-7-12(11)16/h3-9,13-14,17-18H,2,10H2,1H3. The molecule has 2 unspecified atom stereocenters. The Labute approximate surface area is 116 Å². The van der Waals surface area contributed by atoms with Crippen molar-refractivity contribution in [2.24, 2.45) is 0 Å². The van der Waals surface area contributed by atoms with Crippen molar-refractivity contribution in [3.63, 3.8) is 0 Å². The van der Waals surface area contributed by atoms with Crippen LogP contribution in [0.5, 0.6) is 0 Å². The van der Waals surface area contributed by atoms with E-state index in [2.05, 4.69) is 18.3 Å². The van der Waals surface area contributed by atoms with Crippen molar-refractivity contribution < 1.29 is 9.50 Å². The number of rotatable bonds is 6. The summed E-state index contributed by atoms with van der Waals surface area (Å²) in [4.78, 5) is 1.24. The number of aliphatic hydroxyl groups excluding tert-OH is 1. The molecule has 0 radical (unpaired) electrons. The Kier molecular flexibility index (Phi) is 5.07. The zero-order chi connectivity index (χ0) is 13.7. The van der Waals surface area contributed by atoms with Gasteiger partial charge in [0.25, 0.3) is 0 Å². The Morgan fingerprint density at radius 3 is 2.68 bits per heavy atom. The van der Waals surface area contributed by atoms with Gasteiger partial charge in [0.1, 0.15) is 5.82 Å². The molecule has 0 saturated heterocycles. The van der Waals surface area contributed by atoms with Crippen LogP contribution in [0.1, 0.15) is 35.9 Å². The second-order valence-electron chi connectivity index (χ2n) is 4.42. The minimum Gasteiger partial charge on any atom is -0.387 e. The summed E-state index contributed by atoms with van der Waals surface area (Å²) in [7, 11) is 0. The molecule has 102 valence electrons. The van der Waals surface area contributed by atoms with Crippen LogP contribution in [0.4, 0.5) is 4.39 Å². The van der Waals surface area contributed by atoms with Crippen LogP contribution < -0.4 is 5.32 Å². The number of hydrogen-bond donors (Lipinski definition) is 2. The lowest BCUT2D eigenvalue weighted by Gasteiger charge is -2.19. The Hall–Kier alpha value is -1.23. The van der Waals surface area contributed by atoms with Crippen LogP contribution in [0.15, 0.2) is 41.8 Å². The molecule has 2 rings (SSSR count). The van der Waals surface area contributed by atoms with Gasteiger partial charge < -0.3 is 10.4 Å². The summed E-state index contributed by atoms with van der Waals surface area (Å²) in [6.45, 7) is 2.43. The minimum absolute atomic E-state index is 0.210. The van der Waals surface area contributed by atoms with E-state index in [9.17, 15) is 9.50 Å². The van der Waals surface area contributed by atoms with Gasteiger partial charge in [0.05, 0.1) is 6.10 Å². The largest absolute Gasteiger partial charge is 0.387 e. The van der Waals surface area contributed by atoms with Gasteiger partial charge in [0.15, 0.2) is 0 Å². The molecule has 2 aromatic rings. The summed E-state index contributed by atoms with van der Waals surface area (Å²) in [5.74, 6) is -0.360. The lowest BCUT2D eigenvalue weighted by atomic mass is 10.1. The van der Waals surface area contributed by atoms with E-state index < -0.39 is 6.10 Å². The van der Waals surface area contributed by atoms with Gasteiger partial charge in [0, 0.05) is 23.0 Å². The molecule has 0 spiro atoms. The highest BCUT2D eigenvalue weighted by Gasteiger charge is 2.15. The number of hydrogen-bond acceptors (Lipinski definition) is 3. The van der Waals surface area contributed by atoms with Crippen molar-refractivity contribution in [3.05, 3.63) is 58.0 Å². The Morgan fingerprint density at radius 2 is 2.05 bits per heavy atom. The lowest BCUT2D eigenvalue weighted by Crippen LogP contribution is -2.26. The maximum Gasteiger partial charge on any atom is 0.129 e. The monoisotopic (exact) mass is 279 g/mol. The first-order valence-electron chi connectivity index (χ1n) is 6.41. The molecule has 0 aliphatic heterocycles. The van der Waals surface area contributed by atoms with E-state index >= 15 is 0 Å². The molecule has 0 bridgehead atoms. The van der Waals surface area contributed by atoms with Crippen LogP contribution in [0.25, 0.3) is 0 Å². The number of nitrogens with one attached hydrogen (secondary N) is 1. The fourth-order valence-electron chi connectivity index (χ4n) is 2.04. The van der Waals surface area contributed by atoms with E-state index in [1.54, 1.807) is 29.5 Å². The topological polar surface area (TPSA) is 32.3 Å². The highest BCUT2D eigenvalue weighted by molar-refractivity contribution is 7.10. The van der Waals surface area contributed by atoms with Crippen LogP contribution in [-0.4, -0.2) is 11.7 Å². The maximum atomic E-state index is 13.5. The van der Waals surface area contributed by atoms with Crippen LogP contribution in [0, 0.1) is 5.82 Å². The van der Waals surface area contributed by atoms with Gasteiger partial charge in [-0.05, 0) is 23.9 Å². The minimum atomic E-state index is -0.824. The molecule has 0 saturated carbocycles. The number of halogens is 1. The van der Waals surface area contributed by atoms with E-state index in [4.69, 9.17) is 0 Å². The summed E-state index contributed by atoms with van der Waals surface area (Å²) >= 11 is 1.69. The van der Waals surface area contributed by atoms with Gasteiger partial charge in [-0.1, -0.05) is 31.2 Å². The quantitative estimate of drug-likeness (QED) is 0.845. The molecular weight excluding hydrogens is 261 g/mol. The first kappa shape index (κ1) is 14.2. The van der Waals surface area contributed by atoms with Gasteiger partial charge in [-0.3, -0.25) is 0 Å². The molecule has 4 heteroatoms. The highest BCUT2D eigenvalue weighted by atomic mass is 32.1. The molecule has 0 aliphatic carbocycles. The zero-order valence-corrected chi connectivity index (χ0v) is 11.7. The number of aliphatic hydroxyl groups is 1. The van der Waals surface area contributed by atoms with Crippen molar-refractivity contribution in [2.75, 3.05) is 6.54 Å². The van der Waals surface area contributed by atoms with Crippen molar-refractivity contribution in [2.45, 2.75) is 25.5 Å². The van der Waals surface area contributed by atoms with Crippen molar-refractivity contribution >= 4 is 11.3 Å². The Morgan fingerprint density at radius 1 is 1.26 bits per heavy atom. The first-order chi connectivity index (χ1) is 9.22. The summed E-state index contributed by atoms with van der Waals surface area (Å²) < 4.78 is 13.5. The molecule has 1 heterocycles. The van der Waals surface area contributed by atoms with E-state index in [-0.39, 0.29) is 11.9 Å². The first-order valence-corrected chi connectivity index (χ1v) is 7.29. The SMILES string of the molecule is CCC(NCC(O)c1ccccc1F)c1cccs1. The molecule has 0 aliphatic rings. The molecule has 19 heavy (non-hydrogen) atoms. The molecule has 0 fully saturated rings. The third-order valence-electron chi connectivity index (χ3n) is 3.12. The number of thiophene rings is 1. The predicted molar refractivity (Wildman–Crippen MR) is 76.7 cm³/mol. The number of benzene rings is 1. The van der Waals surface area contributed by atoms with Crippen LogP contribution >= 0.6 is 11.3 Å². The van der Waals surface area contributed by atoms with E-state index in [0.29, 0.717) is 12.1 Å². The molecule has 0 amide bonds. The summed E-state index contributed by atoms with van der Waals surface area (Å²) in [5, 5.41) is 15.4. The molecule has 2 nitrogen and oxygen atoms in total. The molecule has 2 N–H and O–H groups in total. The molecular formula is C15H18FNOS. The molecule has 1 aromatic heterocycles. The van der Waals surface area contributed by atoms with E-state index in [1.165, 1.54) is 10.9 Å². The van der Waals surface area contributed by atoms with Gasteiger partial charge in [0.2, 0.25) is 0 Å². The van der Waals surface area contributed by atoms with Crippen molar-refractivity contribution in [1.29, 1.82) is 0 Å². The van der Waals surface area contributed by atoms with Gasteiger partial charge in [-0.25, -0.2) is 4.39 Å². The summed E-state index contributed by atoms with van der Waals surface area (Å²) in [6, 6.07) is 10.6. The van der Waals surface area contributed by atoms with Crippen LogP contribution in [0.3, 0.4) is 0 Å². The van der Waals surface area contributed by atoms with E-state index in [1.807, 2.05) is 11.4 Å². The molecule has 2 atom stereocenters. The summed E-state index contributed by atoms with van der Waals surface area (Å²) in [6.07, 6.45) is 0.111. The van der Waals surface area contributed by atoms with Crippen molar-refractivity contribution in [1.82, 2.24) is 5.32 Å². The average molecular weight is 279 g/mol. The van der Waals surface area contributed by atoms with Crippen molar-refractivity contribution in [3.8, 4) is 0 Å². The smallest absolute Gasteiger partial charge is 0.129 e. The second-order valence-corrected chi connectivity index (χ2v) is 5.40. The Bertz CT molecular complexity index is 501. The second kappa shape index (κ2) is 6.80. The van der Waals surface area contributed by atoms with Gasteiger partial charge >= 0.3 is 0 Å². The fourth-order valence-corrected chi connectivity index (χ4v) is 2.93. The maximum absolute atomic E-state index is 13.5. The Balaban J connectivity index is 1.96. The van der Waals surface area contributed by atoms with Gasteiger partial charge in [-0.2, -0.15) is 0 Å². The fraction of sp³-hybridized carbons (Fsp3) is 0.333. The zero-order valence-electron chi connectivity index (χ0n) is 10.8. The lowest BCUT2D eigenvalue weighted by molar-refractivity contribution is 0.165. The average Bonchev–Trinajstić information content (AvgIpc) is 2.94. The van der Waals surface area contributed by atoms with Crippen LogP contribution in [0.2, 0.25) is 0 Å². The third-order valence-corrected chi connectivity index (χ3v) is 4.10. The van der Waals surface area contributed by atoms with E-state index in [0.717, 1.165) is 6.42 Å². The normalized spacial score (nSPS) is 14.3. The summed E-state index contributed by atoms with van der Waals surface area (Å²) in [5.41, 5.74) is 0.344. The van der Waals surface area contributed by atoms with Gasteiger partial charge in [-0.15, -0.1) is 11.3 Å².